The predicted octanol–water partition coefficient (Wildman–Crippen LogP) is 2.40. The van der Waals surface area contributed by atoms with Gasteiger partial charge in [-0.25, -0.2) is 9.18 Å². The Balaban J connectivity index is 1.42. The van der Waals surface area contributed by atoms with Gasteiger partial charge in [0.05, 0.1) is 6.04 Å². The van der Waals surface area contributed by atoms with Gasteiger partial charge < -0.3 is 24.3 Å². The van der Waals surface area contributed by atoms with Crippen LogP contribution in [0.4, 0.5) is 4.39 Å². The van der Waals surface area contributed by atoms with E-state index in [1.54, 1.807) is 6.07 Å². The van der Waals surface area contributed by atoms with Crippen LogP contribution < -0.4 is 19.5 Å². The zero-order valence-corrected chi connectivity index (χ0v) is 15.3. The van der Waals surface area contributed by atoms with Crippen molar-refractivity contribution in [2.75, 3.05) is 26.4 Å². The minimum absolute atomic E-state index is 0.308. The molecule has 0 radical (unpaired) electrons. The van der Waals surface area contributed by atoms with Crippen molar-refractivity contribution >= 4 is 11.9 Å². The van der Waals surface area contributed by atoms with E-state index in [4.69, 9.17) is 18.9 Å². The molecule has 1 aliphatic heterocycles. The van der Waals surface area contributed by atoms with Gasteiger partial charge in [-0.1, -0.05) is 6.07 Å². The first kappa shape index (κ1) is 19.5. The molecule has 0 saturated carbocycles. The molecule has 0 fully saturated rings. The standard InChI is InChI=1S/C20H20FNO6/c1-13(14-2-7-17-18(10-14)26-9-8-25-17)22-19(23)11-28-20(24)12-27-16-5-3-15(21)4-6-16/h2-7,10,13H,8-9,11-12H2,1H3,(H,22,23)/t13-/m1/s1. The maximum atomic E-state index is 12.8. The third-order valence-corrected chi connectivity index (χ3v) is 3.98. The topological polar surface area (TPSA) is 83.1 Å². The number of esters is 1. The van der Waals surface area contributed by atoms with E-state index < -0.39 is 24.3 Å². The normalized spacial score (nSPS) is 13.4. The van der Waals surface area contributed by atoms with Crippen LogP contribution in [0.25, 0.3) is 0 Å². The van der Waals surface area contributed by atoms with Gasteiger partial charge in [-0.05, 0) is 48.9 Å². The molecule has 1 heterocycles. The molecule has 28 heavy (non-hydrogen) atoms. The molecule has 0 spiro atoms. The highest BCUT2D eigenvalue weighted by molar-refractivity contribution is 5.81. The molecule has 3 rings (SSSR count). The third kappa shape index (κ3) is 5.35. The molecule has 148 valence electrons. The molecule has 7 nitrogen and oxygen atoms in total. The Labute approximate surface area is 161 Å². The van der Waals surface area contributed by atoms with E-state index in [0.717, 1.165) is 5.56 Å². The Morgan fingerprint density at radius 1 is 1.07 bits per heavy atom. The van der Waals surface area contributed by atoms with Crippen LogP contribution in [-0.2, 0) is 14.3 Å². The fourth-order valence-corrected chi connectivity index (χ4v) is 2.56. The van der Waals surface area contributed by atoms with Crippen LogP contribution in [0.1, 0.15) is 18.5 Å². The molecule has 0 bridgehead atoms. The van der Waals surface area contributed by atoms with Crippen LogP contribution in [0.3, 0.4) is 0 Å². The molecule has 8 heteroatoms. The Bertz CT molecular complexity index is 839. The Morgan fingerprint density at radius 3 is 2.54 bits per heavy atom. The number of carbonyl (C=O) groups excluding carboxylic acids is 2. The maximum absolute atomic E-state index is 12.8. The first-order chi connectivity index (χ1) is 13.5. The molecule has 1 atom stereocenters. The highest BCUT2D eigenvalue weighted by Gasteiger charge is 2.16. The van der Waals surface area contributed by atoms with Gasteiger partial charge >= 0.3 is 5.97 Å². The number of benzene rings is 2. The van der Waals surface area contributed by atoms with E-state index in [0.29, 0.717) is 30.5 Å². The van der Waals surface area contributed by atoms with Crippen LogP contribution in [0.2, 0.25) is 0 Å². The minimum Gasteiger partial charge on any atom is -0.486 e. The van der Waals surface area contributed by atoms with Gasteiger partial charge in [0.25, 0.3) is 5.91 Å². The molecule has 0 unspecified atom stereocenters. The Hall–Kier alpha value is -3.29. The molecular formula is C20H20FNO6. The number of halogens is 1. The molecule has 1 aliphatic rings. The van der Waals surface area contributed by atoms with Crippen LogP contribution in [0, 0.1) is 5.82 Å². The number of fused-ring (bicyclic) bond motifs is 1. The van der Waals surface area contributed by atoms with E-state index >= 15 is 0 Å². The summed E-state index contributed by atoms with van der Waals surface area (Å²) in [6.45, 7) is 1.99. The molecule has 0 aromatic heterocycles. The van der Waals surface area contributed by atoms with E-state index in [1.165, 1.54) is 24.3 Å². The van der Waals surface area contributed by atoms with E-state index in [9.17, 15) is 14.0 Å². The van der Waals surface area contributed by atoms with Crippen molar-refractivity contribution < 1.29 is 32.9 Å². The number of carbonyl (C=O) groups is 2. The number of ether oxygens (including phenoxy) is 4. The molecule has 1 N–H and O–H groups in total. The summed E-state index contributed by atoms with van der Waals surface area (Å²) in [6.07, 6.45) is 0. The second-order valence-electron chi connectivity index (χ2n) is 6.10. The summed E-state index contributed by atoms with van der Waals surface area (Å²) in [5, 5.41) is 2.74. The summed E-state index contributed by atoms with van der Waals surface area (Å²) in [7, 11) is 0. The van der Waals surface area contributed by atoms with Crippen molar-refractivity contribution in [2.45, 2.75) is 13.0 Å². The minimum atomic E-state index is -0.702. The van der Waals surface area contributed by atoms with Crippen molar-refractivity contribution in [1.29, 1.82) is 0 Å². The fraction of sp³-hybridized carbons (Fsp3) is 0.300. The SMILES string of the molecule is C[C@@H](NC(=O)COC(=O)COc1ccc(F)cc1)c1ccc2c(c1)OCCO2. The third-order valence-electron chi connectivity index (χ3n) is 3.98. The van der Waals surface area contributed by atoms with E-state index in [2.05, 4.69) is 5.32 Å². The first-order valence-corrected chi connectivity index (χ1v) is 8.74. The summed E-state index contributed by atoms with van der Waals surface area (Å²) >= 11 is 0. The van der Waals surface area contributed by atoms with Crippen molar-refractivity contribution in [2.24, 2.45) is 0 Å². The lowest BCUT2D eigenvalue weighted by Gasteiger charge is -2.21. The largest absolute Gasteiger partial charge is 0.486 e. The van der Waals surface area contributed by atoms with Crippen molar-refractivity contribution in [3.05, 3.63) is 53.8 Å². The number of hydrogen-bond donors (Lipinski definition) is 1. The second kappa shape index (κ2) is 9.07. The fourth-order valence-electron chi connectivity index (χ4n) is 2.56. The highest BCUT2D eigenvalue weighted by atomic mass is 19.1. The summed E-state index contributed by atoms with van der Waals surface area (Å²) in [5.74, 6) is 0.0792. The smallest absolute Gasteiger partial charge is 0.344 e. The number of rotatable bonds is 7. The van der Waals surface area contributed by atoms with Crippen LogP contribution >= 0.6 is 0 Å². The maximum Gasteiger partial charge on any atom is 0.344 e. The van der Waals surface area contributed by atoms with Crippen molar-refractivity contribution in [3.8, 4) is 17.2 Å². The molecule has 0 aliphatic carbocycles. The lowest BCUT2D eigenvalue weighted by molar-refractivity contribution is -0.150. The Kier molecular flexibility index (Phi) is 6.31. The molecule has 0 saturated heterocycles. The van der Waals surface area contributed by atoms with Crippen molar-refractivity contribution in [1.82, 2.24) is 5.32 Å². The predicted molar refractivity (Wildman–Crippen MR) is 96.8 cm³/mol. The average molecular weight is 389 g/mol. The van der Waals surface area contributed by atoms with Crippen molar-refractivity contribution in [3.63, 3.8) is 0 Å². The van der Waals surface area contributed by atoms with Gasteiger partial charge in [0.2, 0.25) is 0 Å². The molecule has 2 aromatic carbocycles. The van der Waals surface area contributed by atoms with E-state index in [1.807, 2.05) is 19.1 Å². The molecular weight excluding hydrogens is 369 g/mol. The van der Waals surface area contributed by atoms with Gasteiger partial charge in [-0.3, -0.25) is 4.79 Å². The van der Waals surface area contributed by atoms with Gasteiger partial charge in [0.15, 0.2) is 24.7 Å². The van der Waals surface area contributed by atoms with Gasteiger partial charge in [-0.2, -0.15) is 0 Å². The lowest BCUT2D eigenvalue weighted by Crippen LogP contribution is -2.32. The van der Waals surface area contributed by atoms with Crippen LogP contribution in [0.5, 0.6) is 17.2 Å². The molecule has 2 aromatic rings. The zero-order chi connectivity index (χ0) is 19.9. The highest BCUT2D eigenvalue weighted by Crippen LogP contribution is 2.32. The van der Waals surface area contributed by atoms with Gasteiger partial charge in [0.1, 0.15) is 24.8 Å². The Morgan fingerprint density at radius 2 is 1.79 bits per heavy atom. The van der Waals surface area contributed by atoms with Crippen LogP contribution in [-0.4, -0.2) is 38.3 Å². The number of nitrogens with one attached hydrogen (secondary N) is 1. The number of hydrogen-bond acceptors (Lipinski definition) is 6. The summed E-state index contributed by atoms with van der Waals surface area (Å²) in [4.78, 5) is 23.7. The van der Waals surface area contributed by atoms with Gasteiger partial charge in [0, 0.05) is 0 Å². The van der Waals surface area contributed by atoms with Gasteiger partial charge in [-0.15, -0.1) is 0 Å². The lowest BCUT2D eigenvalue weighted by atomic mass is 10.1. The summed E-state index contributed by atoms with van der Waals surface area (Å²) in [5.41, 5.74) is 0.837. The summed E-state index contributed by atoms with van der Waals surface area (Å²) in [6, 6.07) is 10.3. The number of amides is 1. The average Bonchev–Trinajstić information content (AvgIpc) is 2.71. The quantitative estimate of drug-likeness (QED) is 0.733. The second-order valence-corrected chi connectivity index (χ2v) is 6.10. The van der Waals surface area contributed by atoms with E-state index in [-0.39, 0.29) is 12.6 Å². The first-order valence-electron chi connectivity index (χ1n) is 8.74. The molecule has 1 amide bonds. The van der Waals surface area contributed by atoms with Crippen LogP contribution in [0.15, 0.2) is 42.5 Å². The summed E-state index contributed by atoms with van der Waals surface area (Å²) < 4.78 is 33.8. The monoisotopic (exact) mass is 389 g/mol. The zero-order valence-electron chi connectivity index (χ0n) is 15.3.